The van der Waals surface area contributed by atoms with Crippen LogP contribution in [-0.2, 0) is 6.42 Å². The number of hydrogen-bond acceptors (Lipinski definition) is 3. The van der Waals surface area contributed by atoms with Crippen LogP contribution in [-0.4, -0.2) is 0 Å². The number of thiophene rings is 3. The Kier molecular flexibility index (Phi) is 7.78. The third kappa shape index (κ3) is 5.54. The molecule has 3 rings (SSSR count). The molecule has 0 N–H and O–H groups in total. The van der Waals surface area contributed by atoms with Gasteiger partial charge in [-0.15, -0.1) is 34.0 Å². The number of unbranched alkanes of at least 4 members (excludes halogenated alkanes) is 7. The average Bonchev–Trinajstić information content (AvgIpc) is 3.38. The van der Waals surface area contributed by atoms with Gasteiger partial charge in [-0.1, -0.05) is 64.0 Å². The van der Waals surface area contributed by atoms with Crippen molar-refractivity contribution < 1.29 is 0 Å². The van der Waals surface area contributed by atoms with E-state index in [-0.39, 0.29) is 0 Å². The summed E-state index contributed by atoms with van der Waals surface area (Å²) in [7, 11) is 0. The van der Waals surface area contributed by atoms with Gasteiger partial charge in [-0.25, -0.2) is 0 Å². The van der Waals surface area contributed by atoms with Crippen LogP contribution in [0.25, 0.3) is 19.5 Å². The van der Waals surface area contributed by atoms with E-state index in [1.54, 1.807) is 5.56 Å². The van der Waals surface area contributed by atoms with Crippen LogP contribution < -0.4 is 0 Å². The summed E-state index contributed by atoms with van der Waals surface area (Å²) in [6.45, 7) is 2.29. The van der Waals surface area contributed by atoms with E-state index in [1.165, 1.54) is 77.3 Å². The Hall–Kier alpha value is -0.900. The van der Waals surface area contributed by atoms with Gasteiger partial charge in [0.05, 0.1) is 0 Å². The summed E-state index contributed by atoms with van der Waals surface area (Å²) in [4.78, 5) is 5.78. The summed E-state index contributed by atoms with van der Waals surface area (Å²) in [6.07, 6.45) is 12.3. The van der Waals surface area contributed by atoms with Crippen molar-refractivity contribution >= 4 is 34.0 Å². The first-order chi connectivity index (χ1) is 12.4. The summed E-state index contributed by atoms with van der Waals surface area (Å²) < 4.78 is 0. The molecule has 25 heavy (non-hydrogen) atoms. The van der Waals surface area contributed by atoms with Gasteiger partial charge in [0.2, 0.25) is 0 Å². The second kappa shape index (κ2) is 10.3. The third-order valence-corrected chi connectivity index (χ3v) is 7.91. The van der Waals surface area contributed by atoms with Gasteiger partial charge in [0.1, 0.15) is 0 Å². The highest BCUT2D eigenvalue weighted by Gasteiger charge is 2.13. The van der Waals surface area contributed by atoms with E-state index in [4.69, 9.17) is 0 Å². The minimum absolute atomic E-state index is 1.23. The molecule has 0 aliphatic heterocycles. The molecule has 3 heterocycles. The molecule has 0 nitrogen and oxygen atoms in total. The Labute approximate surface area is 164 Å². The molecule has 0 spiro atoms. The van der Waals surface area contributed by atoms with Gasteiger partial charge in [-0.05, 0) is 47.4 Å². The highest BCUT2D eigenvalue weighted by Crippen LogP contribution is 2.41. The van der Waals surface area contributed by atoms with Gasteiger partial charge < -0.3 is 0 Å². The summed E-state index contributed by atoms with van der Waals surface area (Å²) in [5.74, 6) is 0. The van der Waals surface area contributed by atoms with Crippen molar-refractivity contribution in [1.82, 2.24) is 0 Å². The van der Waals surface area contributed by atoms with E-state index in [0.717, 1.165) is 0 Å². The van der Waals surface area contributed by atoms with E-state index >= 15 is 0 Å². The van der Waals surface area contributed by atoms with Crippen molar-refractivity contribution in [3.05, 3.63) is 46.7 Å². The normalized spacial score (nSPS) is 11.2. The number of aryl methyl sites for hydroxylation is 1. The molecule has 0 amide bonds. The predicted molar refractivity (Wildman–Crippen MR) is 117 cm³/mol. The lowest BCUT2D eigenvalue weighted by molar-refractivity contribution is 0.576. The van der Waals surface area contributed by atoms with Crippen molar-refractivity contribution in [1.29, 1.82) is 0 Å². The maximum Gasteiger partial charge on any atom is 0.0481 e. The van der Waals surface area contributed by atoms with Crippen LogP contribution in [0.2, 0.25) is 0 Å². The van der Waals surface area contributed by atoms with E-state index < -0.39 is 0 Å². The first kappa shape index (κ1) is 18.9. The average molecular weight is 389 g/mol. The summed E-state index contributed by atoms with van der Waals surface area (Å²) >= 11 is 5.69. The van der Waals surface area contributed by atoms with Crippen LogP contribution in [0.3, 0.4) is 0 Å². The molecule has 0 fully saturated rings. The minimum atomic E-state index is 1.23. The van der Waals surface area contributed by atoms with Crippen LogP contribution in [0.15, 0.2) is 41.1 Å². The Morgan fingerprint density at radius 2 is 1.36 bits per heavy atom. The van der Waals surface area contributed by atoms with Gasteiger partial charge in [0.25, 0.3) is 0 Å². The maximum atomic E-state index is 2.45. The molecular weight excluding hydrogens is 360 g/mol. The first-order valence-corrected chi connectivity index (χ1v) is 12.2. The van der Waals surface area contributed by atoms with Gasteiger partial charge in [-0.2, -0.15) is 0 Å². The van der Waals surface area contributed by atoms with Crippen LogP contribution in [0.4, 0.5) is 0 Å². The first-order valence-electron chi connectivity index (χ1n) is 9.59. The quantitative estimate of drug-likeness (QED) is 0.288. The van der Waals surface area contributed by atoms with Crippen molar-refractivity contribution in [3.63, 3.8) is 0 Å². The van der Waals surface area contributed by atoms with E-state index in [9.17, 15) is 0 Å². The van der Waals surface area contributed by atoms with Gasteiger partial charge in [0, 0.05) is 19.5 Å². The molecule has 0 aliphatic carbocycles. The third-order valence-electron chi connectivity index (χ3n) is 4.62. The molecule has 0 aromatic carbocycles. The Morgan fingerprint density at radius 1 is 0.720 bits per heavy atom. The predicted octanol–water partition coefficient (Wildman–Crippen LogP) is 8.89. The molecule has 0 atom stereocenters. The zero-order valence-electron chi connectivity index (χ0n) is 15.1. The summed E-state index contributed by atoms with van der Waals surface area (Å²) in [6, 6.07) is 11.3. The zero-order valence-corrected chi connectivity index (χ0v) is 17.6. The molecule has 3 heteroatoms. The Bertz CT molecular complexity index is 705. The molecule has 3 aromatic heterocycles. The molecule has 0 bridgehead atoms. The van der Waals surface area contributed by atoms with Gasteiger partial charge >= 0.3 is 0 Å². The number of hydrogen-bond donors (Lipinski definition) is 0. The molecular formula is C22H28S3. The Balaban J connectivity index is 1.56. The van der Waals surface area contributed by atoms with Crippen molar-refractivity contribution in [2.75, 3.05) is 0 Å². The van der Waals surface area contributed by atoms with Crippen LogP contribution >= 0.6 is 34.0 Å². The van der Waals surface area contributed by atoms with Crippen molar-refractivity contribution in [2.24, 2.45) is 0 Å². The highest BCUT2D eigenvalue weighted by atomic mass is 32.1. The lowest BCUT2D eigenvalue weighted by atomic mass is 10.0. The molecule has 0 radical (unpaired) electrons. The lowest BCUT2D eigenvalue weighted by Crippen LogP contribution is -1.86. The fourth-order valence-electron chi connectivity index (χ4n) is 3.22. The topological polar surface area (TPSA) is 0 Å². The van der Waals surface area contributed by atoms with E-state index in [0.29, 0.717) is 0 Å². The van der Waals surface area contributed by atoms with E-state index in [2.05, 4.69) is 48.0 Å². The molecule has 0 unspecified atom stereocenters. The van der Waals surface area contributed by atoms with Crippen molar-refractivity contribution in [3.8, 4) is 19.5 Å². The summed E-state index contributed by atoms with van der Waals surface area (Å²) in [5.41, 5.74) is 1.56. The smallest absolute Gasteiger partial charge is 0.0481 e. The maximum absolute atomic E-state index is 2.45. The van der Waals surface area contributed by atoms with Crippen LogP contribution in [0.1, 0.15) is 63.9 Å². The monoisotopic (exact) mass is 388 g/mol. The fraction of sp³-hybridized carbons (Fsp3) is 0.455. The lowest BCUT2D eigenvalue weighted by Gasteiger charge is -2.03. The van der Waals surface area contributed by atoms with Crippen LogP contribution in [0, 0.1) is 0 Å². The van der Waals surface area contributed by atoms with Gasteiger partial charge in [-0.3, -0.25) is 0 Å². The van der Waals surface area contributed by atoms with Crippen LogP contribution in [0.5, 0.6) is 0 Å². The molecule has 0 saturated heterocycles. The minimum Gasteiger partial charge on any atom is -0.143 e. The zero-order chi connectivity index (χ0) is 17.3. The van der Waals surface area contributed by atoms with E-state index in [1.807, 2.05) is 34.0 Å². The molecule has 3 aromatic rings. The van der Waals surface area contributed by atoms with Gasteiger partial charge in [0.15, 0.2) is 0 Å². The summed E-state index contributed by atoms with van der Waals surface area (Å²) in [5, 5.41) is 4.37. The Morgan fingerprint density at radius 3 is 2.00 bits per heavy atom. The largest absolute Gasteiger partial charge is 0.143 e. The second-order valence-corrected chi connectivity index (χ2v) is 9.59. The molecule has 0 aliphatic rings. The highest BCUT2D eigenvalue weighted by molar-refractivity contribution is 7.26. The van der Waals surface area contributed by atoms with Crippen molar-refractivity contribution in [2.45, 2.75) is 64.7 Å². The number of rotatable bonds is 11. The molecule has 134 valence electrons. The fourth-order valence-corrected chi connectivity index (χ4v) is 6.14. The SMILES string of the molecule is CCCCCCCCCCc1cc(-c2cccs2)sc1-c1cccs1. The molecule has 0 saturated carbocycles. The second-order valence-electron chi connectivity index (χ2n) is 6.64. The standard InChI is InChI=1S/C22H28S3/c1-2-3-4-5-6-7-8-9-12-18-17-21(19-13-10-15-23-19)25-22(18)20-14-11-16-24-20/h10-11,13-17H,2-9,12H2,1H3.